The van der Waals surface area contributed by atoms with Crippen LogP contribution in [0.3, 0.4) is 0 Å². The van der Waals surface area contributed by atoms with Crippen molar-refractivity contribution in [3.63, 3.8) is 0 Å². The number of fused-ring (bicyclic) bond motifs is 1. The molecule has 208 valence electrons. The van der Waals surface area contributed by atoms with Gasteiger partial charge in [0.2, 0.25) is 10.0 Å². The molecule has 0 aliphatic carbocycles. The molecular weight excluding hydrogens is 527 g/mol. The van der Waals surface area contributed by atoms with E-state index in [4.69, 9.17) is 0 Å². The van der Waals surface area contributed by atoms with Crippen molar-refractivity contribution in [1.29, 1.82) is 0 Å². The van der Waals surface area contributed by atoms with Crippen LogP contribution in [0, 0.1) is 5.82 Å². The quantitative estimate of drug-likeness (QED) is 0.322. The van der Waals surface area contributed by atoms with Crippen molar-refractivity contribution in [3.8, 4) is 0 Å². The third-order valence-electron chi connectivity index (χ3n) is 7.24. The first-order chi connectivity index (χ1) is 19.4. The number of amides is 2. The summed E-state index contributed by atoms with van der Waals surface area (Å²) in [6.45, 7) is 3.72. The smallest absolute Gasteiger partial charge is 0.318 e. The molecule has 1 saturated heterocycles. The second kappa shape index (κ2) is 12.6. The van der Waals surface area contributed by atoms with Crippen LogP contribution in [0.15, 0.2) is 102 Å². The number of benzene rings is 4. The van der Waals surface area contributed by atoms with Crippen molar-refractivity contribution in [2.24, 2.45) is 0 Å². The molecule has 7 nitrogen and oxygen atoms in total. The molecule has 0 bridgehead atoms. The molecule has 9 heteroatoms. The van der Waals surface area contributed by atoms with Crippen LogP contribution in [-0.4, -0.2) is 67.8 Å². The number of rotatable bonds is 9. The van der Waals surface area contributed by atoms with Gasteiger partial charge < -0.3 is 10.2 Å². The number of hydrogen-bond acceptors (Lipinski definition) is 4. The zero-order valence-corrected chi connectivity index (χ0v) is 23.1. The van der Waals surface area contributed by atoms with Gasteiger partial charge in [-0.05, 0) is 46.2 Å². The number of carbonyl (C=O) groups is 1. The molecular formula is C31H33FN4O3S. The molecule has 0 unspecified atom stereocenters. The average molecular weight is 561 g/mol. The first kappa shape index (κ1) is 27.8. The standard InChI is InChI=1S/C31H33FN4O3S/c32-29-13-10-26(11-14-29)24-35(31(37)33-23-25-6-2-1-3-7-25)19-16-34-17-20-36(21-18-34)40(38,39)30-15-12-27-8-4-5-9-28(27)22-30/h1-15,22H,16-21,23-24H2,(H,33,37). The molecule has 0 atom stereocenters. The van der Waals surface area contributed by atoms with Gasteiger partial charge in [-0.2, -0.15) is 4.31 Å². The number of hydrogen-bond donors (Lipinski definition) is 1. The van der Waals surface area contributed by atoms with Crippen molar-refractivity contribution < 1.29 is 17.6 Å². The van der Waals surface area contributed by atoms with Crippen LogP contribution in [0.2, 0.25) is 0 Å². The van der Waals surface area contributed by atoms with E-state index in [1.807, 2.05) is 60.7 Å². The number of piperazine rings is 1. The number of sulfonamides is 1. The summed E-state index contributed by atoms with van der Waals surface area (Å²) in [5.41, 5.74) is 1.84. The Hall–Kier alpha value is -3.79. The second-order valence-corrected chi connectivity index (χ2v) is 11.9. The largest absolute Gasteiger partial charge is 0.334 e. The Labute approximate surface area is 234 Å². The van der Waals surface area contributed by atoms with Crippen LogP contribution in [0.5, 0.6) is 0 Å². The number of nitrogens with one attached hydrogen (secondary N) is 1. The Morgan fingerprint density at radius 1 is 0.800 bits per heavy atom. The van der Waals surface area contributed by atoms with Gasteiger partial charge >= 0.3 is 6.03 Å². The SMILES string of the molecule is O=C(NCc1ccccc1)N(CCN1CCN(S(=O)(=O)c2ccc3ccccc3c2)CC1)Cc1ccc(F)cc1. The zero-order valence-electron chi connectivity index (χ0n) is 22.2. The summed E-state index contributed by atoms with van der Waals surface area (Å²) >= 11 is 0. The maximum atomic E-state index is 13.4. The highest BCUT2D eigenvalue weighted by Crippen LogP contribution is 2.23. The molecule has 1 heterocycles. The minimum Gasteiger partial charge on any atom is -0.334 e. The molecule has 1 aliphatic rings. The molecule has 0 radical (unpaired) electrons. The van der Waals surface area contributed by atoms with Gasteiger partial charge in [0.05, 0.1) is 4.90 Å². The fraction of sp³-hybridized carbons (Fsp3) is 0.258. The minimum atomic E-state index is -3.60. The van der Waals surface area contributed by atoms with Crippen LogP contribution < -0.4 is 5.32 Å². The predicted molar refractivity (Wildman–Crippen MR) is 155 cm³/mol. The van der Waals surface area contributed by atoms with Crippen molar-refractivity contribution >= 4 is 26.8 Å². The minimum absolute atomic E-state index is 0.203. The Bertz CT molecular complexity index is 1540. The highest BCUT2D eigenvalue weighted by Gasteiger charge is 2.29. The number of nitrogens with zero attached hydrogens (tertiary/aromatic N) is 3. The van der Waals surface area contributed by atoms with Gasteiger partial charge in [0.1, 0.15) is 5.82 Å². The van der Waals surface area contributed by atoms with E-state index < -0.39 is 10.0 Å². The lowest BCUT2D eigenvalue weighted by Crippen LogP contribution is -2.51. The lowest BCUT2D eigenvalue weighted by atomic mass is 10.1. The molecule has 0 spiro atoms. The Morgan fingerprint density at radius 2 is 1.48 bits per heavy atom. The monoisotopic (exact) mass is 560 g/mol. The van der Waals surface area contributed by atoms with Gasteiger partial charge in [-0.1, -0.05) is 72.8 Å². The summed E-state index contributed by atoms with van der Waals surface area (Å²) in [7, 11) is -3.60. The maximum absolute atomic E-state index is 13.4. The summed E-state index contributed by atoms with van der Waals surface area (Å²) in [4.78, 5) is 17.3. The first-order valence-electron chi connectivity index (χ1n) is 13.4. The normalized spacial score (nSPS) is 14.7. The highest BCUT2D eigenvalue weighted by molar-refractivity contribution is 7.89. The van der Waals surface area contributed by atoms with Crippen molar-refractivity contribution in [2.45, 2.75) is 18.0 Å². The van der Waals surface area contributed by atoms with Crippen LogP contribution in [-0.2, 0) is 23.1 Å². The van der Waals surface area contributed by atoms with Gasteiger partial charge in [-0.3, -0.25) is 4.90 Å². The summed E-state index contributed by atoms with van der Waals surface area (Å²) in [5.74, 6) is -0.319. The predicted octanol–water partition coefficient (Wildman–Crippen LogP) is 4.70. The van der Waals surface area contributed by atoms with E-state index in [1.165, 1.54) is 16.4 Å². The molecule has 2 amide bonds. The van der Waals surface area contributed by atoms with E-state index >= 15 is 0 Å². The Balaban J connectivity index is 1.19. The molecule has 4 aromatic rings. The van der Waals surface area contributed by atoms with E-state index in [0.717, 1.165) is 21.9 Å². The molecule has 5 rings (SSSR count). The number of halogens is 1. The number of urea groups is 1. The summed E-state index contributed by atoms with van der Waals surface area (Å²) in [6, 6.07) is 28.6. The molecule has 40 heavy (non-hydrogen) atoms. The fourth-order valence-corrected chi connectivity index (χ4v) is 6.34. The first-order valence-corrected chi connectivity index (χ1v) is 14.8. The number of carbonyl (C=O) groups excluding carboxylic acids is 1. The van der Waals surface area contributed by atoms with Crippen molar-refractivity contribution in [1.82, 2.24) is 19.4 Å². The highest BCUT2D eigenvalue weighted by atomic mass is 32.2. The molecule has 4 aromatic carbocycles. The van der Waals surface area contributed by atoms with Gasteiger partial charge in [0.15, 0.2) is 0 Å². The zero-order chi connectivity index (χ0) is 28.0. The van der Waals surface area contributed by atoms with Crippen LogP contribution in [0.4, 0.5) is 9.18 Å². The molecule has 1 fully saturated rings. The molecule has 1 N–H and O–H groups in total. The van der Waals surface area contributed by atoms with E-state index in [1.54, 1.807) is 29.2 Å². The molecule has 0 saturated carbocycles. The van der Waals surface area contributed by atoms with Gasteiger partial charge in [0, 0.05) is 52.4 Å². The van der Waals surface area contributed by atoms with Crippen LogP contribution in [0.1, 0.15) is 11.1 Å². The Morgan fingerprint density at radius 3 is 2.20 bits per heavy atom. The lowest BCUT2D eigenvalue weighted by Gasteiger charge is -2.35. The van der Waals surface area contributed by atoms with E-state index in [0.29, 0.717) is 57.3 Å². The van der Waals surface area contributed by atoms with Gasteiger partial charge in [0.25, 0.3) is 0 Å². The summed E-state index contributed by atoms with van der Waals surface area (Å²) in [5, 5.41) is 4.88. The van der Waals surface area contributed by atoms with Gasteiger partial charge in [-0.15, -0.1) is 0 Å². The Kier molecular flexibility index (Phi) is 8.74. The molecule has 0 aromatic heterocycles. The van der Waals surface area contributed by atoms with Crippen molar-refractivity contribution in [2.75, 3.05) is 39.3 Å². The maximum Gasteiger partial charge on any atom is 0.318 e. The van der Waals surface area contributed by atoms with E-state index in [9.17, 15) is 17.6 Å². The fourth-order valence-electron chi connectivity index (χ4n) is 4.88. The van der Waals surface area contributed by atoms with Crippen LogP contribution in [0.25, 0.3) is 10.8 Å². The average Bonchev–Trinajstić information content (AvgIpc) is 2.99. The van der Waals surface area contributed by atoms with Gasteiger partial charge in [-0.25, -0.2) is 17.6 Å². The van der Waals surface area contributed by atoms with Crippen molar-refractivity contribution in [3.05, 3.63) is 114 Å². The topological polar surface area (TPSA) is 73.0 Å². The molecule has 1 aliphatic heterocycles. The summed E-state index contributed by atoms with van der Waals surface area (Å²) < 4.78 is 41.6. The third-order valence-corrected chi connectivity index (χ3v) is 9.13. The summed E-state index contributed by atoms with van der Waals surface area (Å²) in [6.07, 6.45) is 0. The lowest BCUT2D eigenvalue weighted by molar-refractivity contribution is 0.156. The second-order valence-electron chi connectivity index (χ2n) is 9.95. The third kappa shape index (κ3) is 6.85. The van der Waals surface area contributed by atoms with Crippen LogP contribution >= 0.6 is 0 Å². The van der Waals surface area contributed by atoms with E-state index in [2.05, 4.69) is 10.2 Å². The van der Waals surface area contributed by atoms with E-state index in [-0.39, 0.29) is 11.8 Å².